The minimum Gasteiger partial charge on any atom is -0.303 e. The van der Waals surface area contributed by atoms with Gasteiger partial charge >= 0.3 is 0 Å². The Morgan fingerprint density at radius 2 is 1.61 bits per heavy atom. The van der Waals surface area contributed by atoms with Crippen LogP contribution in [0.5, 0.6) is 0 Å². The van der Waals surface area contributed by atoms with Crippen molar-refractivity contribution in [2.24, 2.45) is 40.9 Å². The second kappa shape index (κ2) is 8.58. The molecule has 0 bridgehead atoms. The van der Waals surface area contributed by atoms with Gasteiger partial charge in [0.25, 0.3) is 0 Å². The van der Waals surface area contributed by atoms with Crippen LogP contribution in [0.3, 0.4) is 0 Å². The van der Waals surface area contributed by atoms with Crippen molar-refractivity contribution in [1.82, 2.24) is 9.80 Å². The van der Waals surface area contributed by atoms with Crippen LogP contribution in [-0.2, 0) is 0 Å². The molecule has 2 saturated carbocycles. The quantitative estimate of drug-likeness (QED) is 0.534. The predicted octanol–water partition coefficient (Wildman–Crippen LogP) is 5.92. The Bertz CT molecular complexity index is 509. The molecule has 28 heavy (non-hydrogen) atoms. The molecular formula is C26H48N2. The summed E-state index contributed by atoms with van der Waals surface area (Å²) in [5.41, 5.74) is 0.538. The van der Waals surface area contributed by atoms with E-state index in [0.717, 1.165) is 41.5 Å². The van der Waals surface area contributed by atoms with Crippen molar-refractivity contribution in [1.29, 1.82) is 0 Å². The van der Waals surface area contributed by atoms with Gasteiger partial charge in [0.15, 0.2) is 0 Å². The Kier molecular flexibility index (Phi) is 6.48. The summed E-state index contributed by atoms with van der Waals surface area (Å²) in [7, 11) is 0. The first-order chi connectivity index (χ1) is 13.4. The molecule has 2 aliphatic heterocycles. The van der Waals surface area contributed by atoms with Gasteiger partial charge in [-0.15, -0.1) is 0 Å². The zero-order chi connectivity index (χ0) is 19.9. The zero-order valence-corrected chi connectivity index (χ0v) is 19.6. The fraction of sp³-hybridized carbons (Fsp3) is 1.00. The first kappa shape index (κ1) is 21.2. The van der Waals surface area contributed by atoms with Crippen LogP contribution in [0.2, 0.25) is 0 Å². The Hall–Kier alpha value is -0.0800. The van der Waals surface area contributed by atoms with Crippen LogP contribution in [0.1, 0.15) is 86.0 Å². The molecule has 0 aromatic rings. The average molecular weight is 389 g/mol. The van der Waals surface area contributed by atoms with Crippen LogP contribution in [0.4, 0.5) is 0 Å². The highest BCUT2D eigenvalue weighted by molar-refractivity contribution is 5.00. The van der Waals surface area contributed by atoms with E-state index in [1.807, 2.05) is 0 Å². The van der Waals surface area contributed by atoms with Crippen LogP contribution in [-0.4, -0.2) is 48.6 Å². The highest BCUT2D eigenvalue weighted by Gasteiger charge is 2.47. The van der Waals surface area contributed by atoms with Crippen molar-refractivity contribution in [3.05, 3.63) is 0 Å². The molecule has 0 radical (unpaired) electrons. The molecule has 2 heterocycles. The lowest BCUT2D eigenvalue weighted by Gasteiger charge is -2.55. The van der Waals surface area contributed by atoms with E-state index in [0.29, 0.717) is 5.41 Å². The lowest BCUT2D eigenvalue weighted by Crippen LogP contribution is -2.55. The van der Waals surface area contributed by atoms with E-state index in [2.05, 4.69) is 44.4 Å². The lowest BCUT2D eigenvalue weighted by molar-refractivity contribution is -0.0515. The molecule has 0 aromatic carbocycles. The van der Waals surface area contributed by atoms with Crippen LogP contribution in [0, 0.1) is 40.9 Å². The molecule has 4 fully saturated rings. The maximum absolute atomic E-state index is 2.88. The van der Waals surface area contributed by atoms with E-state index in [1.54, 1.807) is 0 Å². The predicted molar refractivity (Wildman–Crippen MR) is 120 cm³/mol. The highest BCUT2D eigenvalue weighted by atomic mass is 15.2. The van der Waals surface area contributed by atoms with Gasteiger partial charge in [0, 0.05) is 25.7 Å². The van der Waals surface area contributed by atoms with Crippen LogP contribution < -0.4 is 0 Å². The number of likely N-dealkylation sites (tertiary alicyclic amines) is 2. The van der Waals surface area contributed by atoms with Gasteiger partial charge in [0.05, 0.1) is 0 Å². The zero-order valence-electron chi connectivity index (χ0n) is 19.6. The molecule has 2 heteroatoms. The second-order valence-electron chi connectivity index (χ2n) is 12.0. The summed E-state index contributed by atoms with van der Waals surface area (Å²) in [6.07, 6.45) is 11.6. The van der Waals surface area contributed by atoms with Crippen molar-refractivity contribution >= 4 is 0 Å². The standard InChI is InChI=1S/C26H48N2/c1-6-8-21-10-12-28(16-20(21)3)25-14-24(15-25)26(4,5)23-9-7-11-27(18-23)17-22-13-19(22)2/h19-25H,6-18H2,1-5H3. The van der Waals surface area contributed by atoms with Gasteiger partial charge in [-0.05, 0) is 92.5 Å². The van der Waals surface area contributed by atoms with E-state index < -0.39 is 0 Å². The van der Waals surface area contributed by atoms with Gasteiger partial charge in [-0.1, -0.05) is 47.5 Å². The molecule has 2 saturated heterocycles. The van der Waals surface area contributed by atoms with E-state index in [9.17, 15) is 0 Å². The van der Waals surface area contributed by atoms with Gasteiger partial charge in [-0.25, -0.2) is 0 Å². The summed E-state index contributed by atoms with van der Waals surface area (Å²) in [5.74, 6) is 5.83. The van der Waals surface area contributed by atoms with E-state index in [-0.39, 0.29) is 0 Å². The normalized spacial score (nSPS) is 43.0. The summed E-state index contributed by atoms with van der Waals surface area (Å²) < 4.78 is 0. The number of nitrogens with zero attached hydrogens (tertiary/aromatic N) is 2. The van der Waals surface area contributed by atoms with E-state index >= 15 is 0 Å². The average Bonchev–Trinajstić information content (AvgIpc) is 3.30. The molecule has 162 valence electrons. The van der Waals surface area contributed by atoms with Crippen molar-refractivity contribution < 1.29 is 0 Å². The first-order valence-electron chi connectivity index (χ1n) is 12.8. The van der Waals surface area contributed by atoms with Crippen molar-refractivity contribution in [3.8, 4) is 0 Å². The molecule has 4 aliphatic rings. The minimum absolute atomic E-state index is 0.538. The molecule has 2 aliphatic carbocycles. The Balaban J connectivity index is 1.25. The Morgan fingerprint density at radius 1 is 0.857 bits per heavy atom. The molecule has 0 aromatic heterocycles. The Labute approximate surface area is 175 Å². The number of rotatable bonds is 7. The smallest absolute Gasteiger partial charge is 0.0101 e. The second-order valence-corrected chi connectivity index (χ2v) is 12.0. The largest absolute Gasteiger partial charge is 0.303 e. The molecule has 0 amide bonds. The van der Waals surface area contributed by atoms with Crippen LogP contribution in [0.15, 0.2) is 0 Å². The maximum Gasteiger partial charge on any atom is 0.0101 e. The van der Waals surface area contributed by atoms with Gasteiger partial charge in [0.2, 0.25) is 0 Å². The molecular weight excluding hydrogens is 340 g/mol. The fourth-order valence-corrected chi connectivity index (χ4v) is 7.00. The van der Waals surface area contributed by atoms with Crippen molar-refractivity contribution in [2.75, 3.05) is 32.7 Å². The molecule has 4 rings (SSSR count). The molecule has 0 N–H and O–H groups in total. The van der Waals surface area contributed by atoms with Crippen LogP contribution >= 0.6 is 0 Å². The van der Waals surface area contributed by atoms with Gasteiger partial charge in [-0.2, -0.15) is 0 Å². The summed E-state index contributed by atoms with van der Waals surface area (Å²) in [4.78, 5) is 5.71. The highest BCUT2D eigenvalue weighted by Crippen LogP contribution is 2.51. The Morgan fingerprint density at radius 3 is 2.25 bits per heavy atom. The fourth-order valence-electron chi connectivity index (χ4n) is 7.00. The molecule has 0 spiro atoms. The van der Waals surface area contributed by atoms with Crippen LogP contribution in [0.25, 0.3) is 0 Å². The summed E-state index contributed by atoms with van der Waals surface area (Å²) >= 11 is 0. The van der Waals surface area contributed by atoms with Gasteiger partial charge in [0.1, 0.15) is 0 Å². The topological polar surface area (TPSA) is 6.48 Å². The number of hydrogen-bond donors (Lipinski definition) is 0. The first-order valence-corrected chi connectivity index (χ1v) is 12.8. The minimum atomic E-state index is 0.538. The third kappa shape index (κ3) is 4.48. The SMILES string of the molecule is CCCC1CCN(C2CC(C(C)(C)C3CCCN(CC4CC4C)C3)C2)CC1C. The monoisotopic (exact) mass is 388 g/mol. The molecule has 5 unspecified atom stereocenters. The van der Waals surface area contributed by atoms with Gasteiger partial charge < -0.3 is 9.80 Å². The number of piperidine rings is 2. The van der Waals surface area contributed by atoms with E-state index in [4.69, 9.17) is 0 Å². The van der Waals surface area contributed by atoms with Gasteiger partial charge in [-0.3, -0.25) is 0 Å². The van der Waals surface area contributed by atoms with Crippen molar-refractivity contribution in [3.63, 3.8) is 0 Å². The summed E-state index contributed by atoms with van der Waals surface area (Å²) in [6.45, 7) is 19.5. The molecule has 5 atom stereocenters. The molecule has 2 nitrogen and oxygen atoms in total. The lowest BCUT2D eigenvalue weighted by atomic mass is 9.58. The van der Waals surface area contributed by atoms with E-state index in [1.165, 1.54) is 84.1 Å². The maximum atomic E-state index is 2.88. The van der Waals surface area contributed by atoms with Crippen molar-refractivity contribution in [2.45, 2.75) is 92.0 Å². The summed E-state index contributed by atoms with van der Waals surface area (Å²) in [5, 5.41) is 0. The third-order valence-electron chi connectivity index (χ3n) is 9.78. The number of hydrogen-bond acceptors (Lipinski definition) is 2. The third-order valence-corrected chi connectivity index (χ3v) is 9.78. The summed E-state index contributed by atoms with van der Waals surface area (Å²) in [6, 6.07) is 0.904.